The summed E-state index contributed by atoms with van der Waals surface area (Å²) in [6.45, 7) is 4.65. The van der Waals surface area contributed by atoms with Crippen LogP contribution in [-0.4, -0.2) is 30.7 Å². The number of nitrogens with one attached hydrogen (secondary N) is 2. The standard InChI is InChI=1S/C28H33N3O3/c1-17-12-21(32)13-18(2)22(17)16-24(29)28(33)31-26-10-11-30-25-9-8-19(15-23(25)26)14-20-6-4-5-7-27(20)34-3/h4-9,12-13,15,24,26,30,32H,10-11,14,16,29H2,1-3H3,(H,31,33). The van der Waals surface area contributed by atoms with Crippen LogP contribution in [0.15, 0.2) is 54.6 Å². The van der Waals surface area contributed by atoms with Gasteiger partial charge in [-0.15, -0.1) is 0 Å². The van der Waals surface area contributed by atoms with Crippen molar-refractivity contribution in [3.8, 4) is 11.5 Å². The molecule has 2 unspecified atom stereocenters. The molecule has 4 rings (SSSR count). The lowest BCUT2D eigenvalue weighted by molar-refractivity contribution is -0.123. The minimum atomic E-state index is -0.669. The topological polar surface area (TPSA) is 96.6 Å². The molecular formula is C28H33N3O3. The number of fused-ring (bicyclic) bond motifs is 1. The fourth-order valence-electron chi connectivity index (χ4n) is 4.78. The number of hydrogen-bond donors (Lipinski definition) is 4. The molecule has 178 valence electrons. The van der Waals surface area contributed by atoms with Gasteiger partial charge < -0.3 is 26.2 Å². The van der Waals surface area contributed by atoms with Crippen LogP contribution in [0.1, 0.15) is 45.8 Å². The molecule has 0 aromatic heterocycles. The zero-order chi connectivity index (χ0) is 24.2. The Balaban J connectivity index is 1.50. The van der Waals surface area contributed by atoms with Crippen molar-refractivity contribution < 1.29 is 14.6 Å². The number of carbonyl (C=O) groups is 1. The second kappa shape index (κ2) is 10.2. The van der Waals surface area contributed by atoms with Crippen molar-refractivity contribution in [1.82, 2.24) is 5.32 Å². The number of benzene rings is 3. The van der Waals surface area contributed by atoms with Gasteiger partial charge in [0.1, 0.15) is 11.5 Å². The molecule has 2 atom stereocenters. The number of aryl methyl sites for hydroxylation is 2. The van der Waals surface area contributed by atoms with Gasteiger partial charge in [-0.2, -0.15) is 0 Å². The van der Waals surface area contributed by atoms with E-state index in [-0.39, 0.29) is 17.7 Å². The molecule has 0 fully saturated rings. The molecule has 0 aliphatic carbocycles. The van der Waals surface area contributed by atoms with Gasteiger partial charge in [0.05, 0.1) is 19.2 Å². The number of anilines is 1. The maximum absolute atomic E-state index is 13.1. The lowest BCUT2D eigenvalue weighted by Crippen LogP contribution is -2.44. The first-order chi connectivity index (χ1) is 16.4. The smallest absolute Gasteiger partial charge is 0.237 e. The van der Waals surface area contributed by atoms with Gasteiger partial charge >= 0.3 is 0 Å². The maximum Gasteiger partial charge on any atom is 0.237 e. The van der Waals surface area contributed by atoms with Crippen LogP contribution in [0.3, 0.4) is 0 Å². The van der Waals surface area contributed by atoms with Crippen LogP contribution in [0.2, 0.25) is 0 Å². The molecule has 1 heterocycles. The van der Waals surface area contributed by atoms with Crippen molar-refractivity contribution >= 4 is 11.6 Å². The van der Waals surface area contributed by atoms with Gasteiger partial charge in [-0.3, -0.25) is 4.79 Å². The van der Waals surface area contributed by atoms with E-state index >= 15 is 0 Å². The molecule has 6 nitrogen and oxygen atoms in total. The zero-order valence-electron chi connectivity index (χ0n) is 20.0. The van der Waals surface area contributed by atoms with Crippen LogP contribution in [0.25, 0.3) is 0 Å². The lowest BCUT2D eigenvalue weighted by atomic mass is 9.92. The number of para-hydroxylation sites is 1. The highest BCUT2D eigenvalue weighted by molar-refractivity contribution is 5.82. The van der Waals surface area contributed by atoms with Gasteiger partial charge in [0.2, 0.25) is 5.91 Å². The second-order valence-corrected chi connectivity index (χ2v) is 9.06. The summed E-state index contributed by atoms with van der Waals surface area (Å²) in [4.78, 5) is 13.1. The van der Waals surface area contributed by atoms with E-state index in [4.69, 9.17) is 10.5 Å². The van der Waals surface area contributed by atoms with Gasteiger partial charge in [0.15, 0.2) is 0 Å². The first kappa shape index (κ1) is 23.6. The van der Waals surface area contributed by atoms with Crippen LogP contribution in [-0.2, 0) is 17.6 Å². The summed E-state index contributed by atoms with van der Waals surface area (Å²) < 4.78 is 5.51. The molecule has 0 bridgehead atoms. The molecule has 5 N–H and O–H groups in total. The number of phenolic OH excluding ortho intramolecular Hbond substituents is 1. The van der Waals surface area contributed by atoms with Gasteiger partial charge in [-0.25, -0.2) is 0 Å². The zero-order valence-corrected chi connectivity index (χ0v) is 20.0. The van der Waals surface area contributed by atoms with Crippen molar-refractivity contribution in [2.24, 2.45) is 5.73 Å². The molecule has 0 radical (unpaired) electrons. The van der Waals surface area contributed by atoms with Crippen LogP contribution >= 0.6 is 0 Å². The highest BCUT2D eigenvalue weighted by Gasteiger charge is 2.25. The van der Waals surface area contributed by atoms with Crippen molar-refractivity contribution in [3.05, 3.63) is 88.0 Å². The van der Waals surface area contributed by atoms with Crippen molar-refractivity contribution in [2.45, 2.75) is 45.2 Å². The average Bonchev–Trinajstić information content (AvgIpc) is 2.82. The third-order valence-electron chi connectivity index (χ3n) is 6.59. The number of phenols is 1. The predicted octanol–water partition coefficient (Wildman–Crippen LogP) is 4.15. The van der Waals surface area contributed by atoms with E-state index in [1.165, 1.54) is 0 Å². The lowest BCUT2D eigenvalue weighted by Gasteiger charge is -2.29. The largest absolute Gasteiger partial charge is 0.508 e. The van der Waals surface area contributed by atoms with E-state index < -0.39 is 6.04 Å². The number of aromatic hydroxyl groups is 1. The van der Waals surface area contributed by atoms with Gasteiger partial charge in [-0.05, 0) is 84.3 Å². The van der Waals surface area contributed by atoms with Crippen molar-refractivity contribution in [3.63, 3.8) is 0 Å². The highest BCUT2D eigenvalue weighted by atomic mass is 16.5. The van der Waals surface area contributed by atoms with Gasteiger partial charge in [0.25, 0.3) is 0 Å². The SMILES string of the molecule is COc1ccccc1Cc1ccc2c(c1)C(NC(=O)C(N)Cc1c(C)cc(O)cc1C)CCN2. The number of carbonyl (C=O) groups excluding carboxylic acids is 1. The maximum atomic E-state index is 13.1. The van der Waals surface area contributed by atoms with Crippen LogP contribution < -0.4 is 21.1 Å². The van der Waals surface area contributed by atoms with E-state index in [1.807, 2.05) is 32.0 Å². The molecule has 0 saturated carbocycles. The Labute approximate surface area is 201 Å². The first-order valence-electron chi connectivity index (χ1n) is 11.7. The van der Waals surface area contributed by atoms with E-state index in [2.05, 4.69) is 34.9 Å². The summed E-state index contributed by atoms with van der Waals surface area (Å²) in [5, 5.41) is 16.4. The summed E-state index contributed by atoms with van der Waals surface area (Å²) in [7, 11) is 1.69. The number of methoxy groups -OCH3 is 1. The second-order valence-electron chi connectivity index (χ2n) is 9.06. The number of ether oxygens (including phenoxy) is 1. The quantitative estimate of drug-likeness (QED) is 0.426. The molecule has 1 aliphatic heterocycles. The summed E-state index contributed by atoms with van der Waals surface area (Å²) in [5.74, 6) is 0.931. The normalized spacial score (nSPS) is 15.7. The minimum absolute atomic E-state index is 0.102. The molecule has 0 saturated heterocycles. The van der Waals surface area contributed by atoms with Crippen molar-refractivity contribution in [1.29, 1.82) is 0 Å². The monoisotopic (exact) mass is 459 g/mol. The minimum Gasteiger partial charge on any atom is -0.508 e. The van der Waals surface area contributed by atoms with Gasteiger partial charge in [0, 0.05) is 18.7 Å². The highest BCUT2D eigenvalue weighted by Crippen LogP contribution is 2.32. The van der Waals surface area contributed by atoms with Crippen LogP contribution in [0, 0.1) is 13.8 Å². The number of amides is 1. The van der Waals surface area contributed by atoms with Gasteiger partial charge in [-0.1, -0.05) is 30.3 Å². The molecular weight excluding hydrogens is 426 g/mol. The molecule has 3 aromatic carbocycles. The molecule has 6 heteroatoms. The fraction of sp³-hybridized carbons (Fsp3) is 0.321. The fourth-order valence-corrected chi connectivity index (χ4v) is 4.78. The van der Waals surface area contributed by atoms with E-state index in [0.29, 0.717) is 6.42 Å². The van der Waals surface area contributed by atoms with Crippen LogP contribution in [0.4, 0.5) is 5.69 Å². The summed E-state index contributed by atoms with van der Waals surface area (Å²) in [5.41, 5.74) is 13.6. The predicted molar refractivity (Wildman–Crippen MR) is 135 cm³/mol. The number of hydrogen-bond acceptors (Lipinski definition) is 5. The Morgan fingerprint density at radius 2 is 1.91 bits per heavy atom. The van der Waals surface area contributed by atoms with E-state index in [0.717, 1.165) is 64.2 Å². The Bertz CT molecular complexity index is 1170. The van der Waals surface area contributed by atoms with Crippen LogP contribution in [0.5, 0.6) is 11.5 Å². The number of nitrogens with two attached hydrogens (primary N) is 1. The summed E-state index contributed by atoms with van der Waals surface area (Å²) >= 11 is 0. The Kier molecular flexibility index (Phi) is 7.08. The summed E-state index contributed by atoms with van der Waals surface area (Å²) in [6, 6.07) is 17.0. The Hall–Kier alpha value is -3.51. The van der Waals surface area contributed by atoms with Crippen molar-refractivity contribution in [2.75, 3.05) is 19.0 Å². The molecule has 3 aromatic rings. The van der Waals surface area contributed by atoms with E-state index in [1.54, 1.807) is 19.2 Å². The first-order valence-corrected chi connectivity index (χ1v) is 11.7. The number of rotatable bonds is 7. The molecule has 1 amide bonds. The Morgan fingerprint density at radius 3 is 2.65 bits per heavy atom. The Morgan fingerprint density at radius 1 is 1.18 bits per heavy atom. The molecule has 0 spiro atoms. The van der Waals surface area contributed by atoms with E-state index in [9.17, 15) is 9.90 Å². The molecule has 1 aliphatic rings. The third-order valence-corrected chi connectivity index (χ3v) is 6.59. The average molecular weight is 460 g/mol. The molecule has 34 heavy (non-hydrogen) atoms. The third kappa shape index (κ3) is 5.18. The summed E-state index contributed by atoms with van der Waals surface area (Å²) in [6.07, 6.45) is 1.97.